The van der Waals surface area contributed by atoms with Crippen molar-refractivity contribution in [2.75, 3.05) is 18.5 Å². The van der Waals surface area contributed by atoms with Crippen molar-refractivity contribution >= 4 is 46.0 Å². The van der Waals surface area contributed by atoms with Crippen molar-refractivity contribution in [3.05, 3.63) is 58.5 Å². The summed E-state index contributed by atoms with van der Waals surface area (Å²) in [6.07, 6.45) is 0. The number of phenolic OH excluding ortho intramolecular Hbond substituents is 1. The maximum Gasteiger partial charge on any atom is 0.269 e. The number of amidine groups is 1. The lowest BCUT2D eigenvalue weighted by Gasteiger charge is -2.15. The quantitative estimate of drug-likeness (QED) is 0.780. The van der Waals surface area contributed by atoms with Crippen LogP contribution in [-0.4, -0.2) is 34.7 Å². The fraction of sp³-hybridized carbons (Fsp3) is 0.158. The van der Waals surface area contributed by atoms with Gasteiger partial charge < -0.3 is 10.0 Å². The van der Waals surface area contributed by atoms with Crippen LogP contribution >= 0.6 is 23.5 Å². The molecule has 1 N–H and O–H groups in total. The number of thioether (sulfide) groups is 2. The molecule has 0 unspecified atom stereocenters. The summed E-state index contributed by atoms with van der Waals surface area (Å²) in [5.41, 5.74) is 1.73. The van der Waals surface area contributed by atoms with Crippen molar-refractivity contribution in [1.29, 1.82) is 0 Å². The molecule has 0 aromatic heterocycles. The van der Waals surface area contributed by atoms with E-state index in [1.807, 2.05) is 32.2 Å². The zero-order chi connectivity index (χ0) is 18.3. The van der Waals surface area contributed by atoms with Gasteiger partial charge in [0.15, 0.2) is 5.17 Å². The Morgan fingerprint density at radius 3 is 2.65 bits per heavy atom. The molecule has 2 aliphatic rings. The smallest absolute Gasteiger partial charge is 0.269 e. The molecule has 0 aliphatic carbocycles. The molecule has 1 saturated heterocycles. The van der Waals surface area contributed by atoms with E-state index in [1.54, 1.807) is 34.9 Å². The average Bonchev–Trinajstić information content (AvgIpc) is 3.12. The number of hydrogen-bond donors (Lipinski definition) is 1. The Labute approximate surface area is 160 Å². The Balaban J connectivity index is 1.73. The molecule has 1 amide bonds. The molecule has 0 spiro atoms. The lowest BCUT2D eigenvalue weighted by Crippen LogP contribution is -2.29. The number of rotatable bonds is 2. The summed E-state index contributed by atoms with van der Waals surface area (Å²) < 4.78 is 0. The van der Waals surface area contributed by atoms with Crippen LogP contribution in [0.3, 0.4) is 0 Å². The van der Waals surface area contributed by atoms with E-state index in [2.05, 4.69) is 22.0 Å². The van der Waals surface area contributed by atoms with Gasteiger partial charge in [0.2, 0.25) is 0 Å². The zero-order valence-electron chi connectivity index (χ0n) is 14.3. The van der Waals surface area contributed by atoms with Crippen LogP contribution in [0.2, 0.25) is 0 Å². The maximum absolute atomic E-state index is 13.0. The second-order valence-corrected chi connectivity index (χ2v) is 7.84. The van der Waals surface area contributed by atoms with Crippen molar-refractivity contribution < 1.29 is 9.90 Å². The van der Waals surface area contributed by atoms with Crippen LogP contribution in [0.1, 0.15) is 6.92 Å². The summed E-state index contributed by atoms with van der Waals surface area (Å²) in [7, 11) is 1.98. The molecule has 0 radical (unpaired) electrons. The van der Waals surface area contributed by atoms with Gasteiger partial charge in [0, 0.05) is 24.6 Å². The summed E-state index contributed by atoms with van der Waals surface area (Å²) in [5.74, 6) is 0.128. The van der Waals surface area contributed by atoms with Gasteiger partial charge in [-0.2, -0.15) is 0 Å². The molecule has 26 heavy (non-hydrogen) atoms. The average molecular weight is 383 g/mol. The van der Waals surface area contributed by atoms with Crippen molar-refractivity contribution in [2.24, 2.45) is 4.99 Å². The predicted octanol–water partition coefficient (Wildman–Crippen LogP) is 4.39. The number of carbonyl (C=O) groups is 1. The highest BCUT2D eigenvalue weighted by atomic mass is 32.2. The van der Waals surface area contributed by atoms with Gasteiger partial charge in [-0.05, 0) is 43.0 Å². The van der Waals surface area contributed by atoms with E-state index in [0.717, 1.165) is 15.6 Å². The molecule has 0 atom stereocenters. The molecule has 7 heteroatoms. The Morgan fingerprint density at radius 2 is 1.92 bits per heavy atom. The van der Waals surface area contributed by atoms with Gasteiger partial charge in [-0.25, -0.2) is 4.99 Å². The van der Waals surface area contributed by atoms with Crippen LogP contribution in [0.25, 0.3) is 0 Å². The Hall–Kier alpha value is -2.38. The molecule has 132 valence electrons. The van der Waals surface area contributed by atoms with Crippen molar-refractivity contribution in [3.8, 4) is 5.75 Å². The number of likely N-dealkylation sites (N-methyl/N-ethyl adjacent to an activating group) is 1. The summed E-state index contributed by atoms with van der Waals surface area (Å²) in [6, 6.07) is 14.9. The molecular weight excluding hydrogens is 366 g/mol. The largest absolute Gasteiger partial charge is 0.508 e. The number of amides is 1. The number of fused-ring (bicyclic) bond motifs is 1. The minimum Gasteiger partial charge on any atom is -0.508 e. The fourth-order valence-corrected chi connectivity index (χ4v) is 5.28. The first-order chi connectivity index (χ1) is 12.6. The van der Waals surface area contributed by atoms with Gasteiger partial charge in [-0.15, -0.1) is 0 Å². The first-order valence-electron chi connectivity index (χ1n) is 8.21. The molecule has 5 nitrogen and oxygen atoms in total. The van der Waals surface area contributed by atoms with E-state index in [0.29, 0.717) is 22.3 Å². The van der Waals surface area contributed by atoms with E-state index in [-0.39, 0.29) is 11.7 Å². The van der Waals surface area contributed by atoms with Gasteiger partial charge >= 0.3 is 0 Å². The molecule has 4 rings (SSSR count). The van der Waals surface area contributed by atoms with E-state index >= 15 is 0 Å². The standard InChI is InChI=1S/C19H17N3O2S2/c1-3-22-17(24)16(18-21(2)14-9-4-5-10-15(14)25-18)26-19(22)20-12-7-6-8-13(23)11-12/h4-11,23H,3H2,1-2H3/b18-16-,20-19?. The Bertz CT molecular complexity index is 955. The number of benzene rings is 2. The highest BCUT2D eigenvalue weighted by Gasteiger charge is 2.38. The van der Waals surface area contributed by atoms with Crippen LogP contribution in [0.5, 0.6) is 5.75 Å². The Morgan fingerprint density at radius 1 is 1.12 bits per heavy atom. The number of carbonyl (C=O) groups excluding carboxylic acids is 1. The normalized spacial score (nSPS) is 21.0. The third-order valence-corrected chi connectivity index (χ3v) is 6.60. The van der Waals surface area contributed by atoms with Gasteiger partial charge in [-0.3, -0.25) is 9.69 Å². The molecule has 0 bridgehead atoms. The SMILES string of the molecule is CCN1C(=O)/C(=C2/Sc3ccccc3N2C)SC1=Nc1cccc(O)c1. The Kier molecular flexibility index (Phi) is 4.42. The molecule has 2 aliphatic heterocycles. The number of aromatic hydroxyl groups is 1. The first kappa shape index (κ1) is 17.1. The number of phenols is 1. The number of para-hydroxylation sites is 1. The van der Waals surface area contributed by atoms with E-state index in [4.69, 9.17) is 0 Å². The van der Waals surface area contributed by atoms with Crippen molar-refractivity contribution in [1.82, 2.24) is 4.90 Å². The molecular formula is C19H17N3O2S2. The fourth-order valence-electron chi connectivity index (χ4n) is 2.87. The zero-order valence-corrected chi connectivity index (χ0v) is 16.0. The van der Waals surface area contributed by atoms with E-state index in [1.165, 1.54) is 11.8 Å². The van der Waals surface area contributed by atoms with Crippen LogP contribution in [0, 0.1) is 0 Å². The third kappa shape index (κ3) is 2.87. The molecule has 2 heterocycles. The van der Waals surface area contributed by atoms with Gasteiger partial charge in [0.05, 0.1) is 16.4 Å². The molecule has 1 fully saturated rings. The first-order valence-corrected chi connectivity index (χ1v) is 9.84. The summed E-state index contributed by atoms with van der Waals surface area (Å²) >= 11 is 3.00. The highest BCUT2D eigenvalue weighted by molar-refractivity contribution is 8.19. The lowest BCUT2D eigenvalue weighted by molar-refractivity contribution is -0.122. The molecule has 0 saturated carbocycles. The number of anilines is 1. The maximum atomic E-state index is 13.0. The van der Waals surface area contributed by atoms with Crippen molar-refractivity contribution in [2.45, 2.75) is 11.8 Å². The number of nitrogens with zero attached hydrogens (tertiary/aromatic N) is 3. The van der Waals surface area contributed by atoms with Gasteiger partial charge in [0.1, 0.15) is 10.7 Å². The summed E-state index contributed by atoms with van der Waals surface area (Å²) in [6.45, 7) is 2.48. The van der Waals surface area contributed by atoms with Crippen LogP contribution in [-0.2, 0) is 4.79 Å². The van der Waals surface area contributed by atoms with Crippen LogP contribution in [0.15, 0.2) is 68.4 Å². The molecule has 2 aromatic carbocycles. The minimum absolute atomic E-state index is 0.0291. The third-order valence-electron chi connectivity index (χ3n) is 4.17. The van der Waals surface area contributed by atoms with Gasteiger partial charge in [-0.1, -0.05) is 30.0 Å². The van der Waals surface area contributed by atoms with Crippen molar-refractivity contribution in [3.63, 3.8) is 0 Å². The molecule has 2 aromatic rings. The summed E-state index contributed by atoms with van der Waals surface area (Å²) in [5, 5.41) is 11.2. The van der Waals surface area contributed by atoms with Crippen LogP contribution in [0.4, 0.5) is 11.4 Å². The number of hydrogen-bond acceptors (Lipinski definition) is 6. The van der Waals surface area contributed by atoms with E-state index < -0.39 is 0 Å². The monoisotopic (exact) mass is 383 g/mol. The summed E-state index contributed by atoms with van der Waals surface area (Å²) in [4.78, 5) is 23.1. The number of aliphatic imine (C=N–C) groups is 1. The second-order valence-electron chi connectivity index (χ2n) is 5.83. The predicted molar refractivity (Wildman–Crippen MR) is 108 cm³/mol. The lowest BCUT2D eigenvalue weighted by atomic mass is 10.3. The highest BCUT2D eigenvalue weighted by Crippen LogP contribution is 2.49. The van der Waals surface area contributed by atoms with Crippen LogP contribution < -0.4 is 4.90 Å². The van der Waals surface area contributed by atoms with E-state index in [9.17, 15) is 9.90 Å². The van der Waals surface area contributed by atoms with Gasteiger partial charge in [0.25, 0.3) is 5.91 Å². The minimum atomic E-state index is -0.0291. The second kappa shape index (κ2) is 6.74. The topological polar surface area (TPSA) is 56.1 Å².